The van der Waals surface area contributed by atoms with Crippen molar-refractivity contribution in [3.05, 3.63) is 115 Å². The summed E-state index contributed by atoms with van der Waals surface area (Å²) in [6.45, 7) is 8.74. The van der Waals surface area contributed by atoms with Gasteiger partial charge in [-0.25, -0.2) is 0 Å². The number of aliphatic hydroxyl groups is 10. The van der Waals surface area contributed by atoms with Crippen LogP contribution in [0.25, 0.3) is 0 Å². The molecule has 1 aromatic carbocycles. The second-order valence-electron chi connectivity index (χ2n) is 26.3. The molecular formula is C70H108N6O19. The molecule has 0 aliphatic carbocycles. The van der Waals surface area contributed by atoms with Gasteiger partial charge in [0.25, 0.3) is 0 Å². The number of nitrogens with zero attached hydrogens (tertiary/aromatic N) is 3. The Morgan fingerprint density at radius 3 is 1.92 bits per heavy atom. The standard InChI is InChI=1S/C70H108N6O19/c1-45-20-18-16-14-12-10-8-9-11-13-15-17-19-21-57(93-69-66(89)64(65(88)47(3)92-69)73-61(86)44-76-32-30-75(7)31-33-76)41-60-63(68(90)72-28-29-74(5)6)59(85)43-70(91,95-60)42-56(83)38-54(81)36-52(79)34-51(78)35-53(80)37-55(82)40-62(87)94-67(45)46(2)22-27-50(77)39-58(84)48-23-25-49(71-4)26-24-48/h8-21,23-26,45-47,50-52,54-57,59-60,63-67,69,71,77-79,81-83,85,88-89,91H,22,27-44H2,1-7H3,(H,72,90)(H,73,86). The number of anilines is 1. The molecular weight excluding hydrogens is 1230 g/mol. The summed E-state index contributed by atoms with van der Waals surface area (Å²) in [7, 11) is 7.39. The van der Waals surface area contributed by atoms with Crippen LogP contribution in [-0.2, 0) is 38.1 Å². The molecule has 0 radical (unpaired) electrons. The second-order valence-corrected chi connectivity index (χ2v) is 26.3. The first-order valence-electron chi connectivity index (χ1n) is 33.3. The molecule has 4 heterocycles. The number of esters is 1. The third-order valence-corrected chi connectivity index (χ3v) is 17.5. The van der Waals surface area contributed by atoms with E-state index in [4.69, 9.17) is 18.9 Å². The van der Waals surface area contributed by atoms with Gasteiger partial charge in [0.1, 0.15) is 24.1 Å². The Balaban J connectivity index is 1.39. The first-order valence-corrected chi connectivity index (χ1v) is 33.3. The van der Waals surface area contributed by atoms with Gasteiger partial charge in [-0.1, -0.05) is 98.9 Å². The molecule has 0 saturated carbocycles. The van der Waals surface area contributed by atoms with Crippen LogP contribution in [0.15, 0.2) is 109 Å². The number of allylic oxidation sites excluding steroid dienone is 12. The number of carbonyl (C=O) groups is 5. The lowest BCUT2D eigenvalue weighted by Crippen LogP contribution is -2.65. The van der Waals surface area contributed by atoms with E-state index in [0.717, 1.165) is 18.8 Å². The number of likely N-dealkylation sites (N-methyl/N-ethyl adjacent to an activating group) is 2. The van der Waals surface area contributed by atoms with Gasteiger partial charge in [0.15, 0.2) is 17.9 Å². The number of amides is 2. The molecule has 532 valence electrons. The van der Waals surface area contributed by atoms with Gasteiger partial charge in [-0.2, -0.15) is 0 Å². The van der Waals surface area contributed by atoms with Crippen LogP contribution in [-0.4, -0.2) is 267 Å². The van der Waals surface area contributed by atoms with Gasteiger partial charge in [-0.3, -0.25) is 28.9 Å². The highest BCUT2D eigenvalue weighted by atomic mass is 16.7. The van der Waals surface area contributed by atoms with Gasteiger partial charge in [-0.15, -0.1) is 0 Å². The summed E-state index contributed by atoms with van der Waals surface area (Å²) in [5.74, 6) is -7.04. The zero-order valence-electron chi connectivity index (χ0n) is 56.2. The highest BCUT2D eigenvalue weighted by Crippen LogP contribution is 2.38. The lowest BCUT2D eigenvalue weighted by molar-refractivity contribution is -0.307. The van der Waals surface area contributed by atoms with Crippen molar-refractivity contribution in [1.82, 2.24) is 25.3 Å². The number of hydrogen-bond donors (Lipinski definition) is 13. The van der Waals surface area contributed by atoms with Crippen molar-refractivity contribution in [2.75, 3.05) is 79.3 Å². The number of ether oxygens (including phenoxy) is 4. The molecule has 25 nitrogen and oxygen atoms in total. The number of hydrogen-bond acceptors (Lipinski definition) is 23. The Labute approximate surface area is 559 Å². The minimum atomic E-state index is -2.32. The van der Waals surface area contributed by atoms with Crippen molar-refractivity contribution < 1.29 is 94.0 Å². The van der Waals surface area contributed by atoms with E-state index in [0.29, 0.717) is 31.6 Å². The van der Waals surface area contributed by atoms with Crippen molar-refractivity contribution in [1.29, 1.82) is 0 Å². The van der Waals surface area contributed by atoms with E-state index >= 15 is 0 Å². The number of carbonyl (C=O) groups excluding carboxylic acids is 5. The zero-order chi connectivity index (χ0) is 69.8. The lowest BCUT2D eigenvalue weighted by Gasteiger charge is -2.46. The van der Waals surface area contributed by atoms with E-state index in [-0.39, 0.29) is 50.0 Å². The van der Waals surface area contributed by atoms with E-state index in [9.17, 15) is 75.0 Å². The summed E-state index contributed by atoms with van der Waals surface area (Å²) in [6.07, 6.45) is 2.29. The summed E-state index contributed by atoms with van der Waals surface area (Å²) in [5, 5.41) is 122. The SMILES string of the molecule is CNc1ccc(C(=O)CC(O)CCC(C)C2OC(=O)CC(O)CC(=O)CC(O)CC(O)CC(O)CC(O)CC3(O)CC(O)C(C(=O)NCCN(C)C)C(CC(OC4OC(C)C(O)C(NC(=O)CN5CCN(C)CC5)C4O)C=CC=CC=CC=CC=CC=CC=CC2C)O3)cc1. The zero-order valence-corrected chi connectivity index (χ0v) is 56.2. The first kappa shape index (κ1) is 80.0. The summed E-state index contributed by atoms with van der Waals surface area (Å²) < 4.78 is 24.8. The Hall–Kier alpha value is -5.69. The topological polar surface area (TPSA) is 370 Å². The van der Waals surface area contributed by atoms with Crippen LogP contribution in [0.2, 0.25) is 0 Å². The number of cyclic esters (lactones) is 1. The van der Waals surface area contributed by atoms with Crippen LogP contribution in [0.3, 0.4) is 0 Å². The quantitative estimate of drug-likeness (QED) is 0.0780. The summed E-state index contributed by atoms with van der Waals surface area (Å²) >= 11 is 0. The molecule has 25 heteroatoms. The predicted octanol–water partition coefficient (Wildman–Crippen LogP) is 1.74. The van der Waals surface area contributed by atoms with Gasteiger partial charge in [0.05, 0.1) is 86.0 Å². The van der Waals surface area contributed by atoms with Crippen LogP contribution >= 0.6 is 0 Å². The van der Waals surface area contributed by atoms with E-state index < -0.39 is 178 Å². The number of benzene rings is 1. The van der Waals surface area contributed by atoms with Crippen LogP contribution in [0.1, 0.15) is 108 Å². The van der Waals surface area contributed by atoms with Gasteiger partial charge < -0.3 is 95.8 Å². The fourth-order valence-electron chi connectivity index (χ4n) is 12.2. The minimum Gasteiger partial charge on any atom is -0.461 e. The van der Waals surface area contributed by atoms with Crippen LogP contribution in [0.5, 0.6) is 0 Å². The number of piperazine rings is 1. The minimum absolute atomic E-state index is 0.0259. The molecule has 2 bridgehead atoms. The summed E-state index contributed by atoms with van der Waals surface area (Å²) in [5.41, 5.74) is 1.30. The third kappa shape index (κ3) is 28.7. The van der Waals surface area contributed by atoms with Crippen molar-refractivity contribution in [3.8, 4) is 0 Å². The third-order valence-electron chi connectivity index (χ3n) is 17.5. The number of fused-ring (bicyclic) bond motifs is 2. The van der Waals surface area contributed by atoms with Crippen molar-refractivity contribution in [2.24, 2.45) is 17.8 Å². The molecule has 2 amide bonds. The molecule has 19 atom stereocenters. The number of Topliss-reactive ketones (excluding diaryl/α,β-unsaturated/α-hetero) is 2. The number of aliphatic hydroxyl groups excluding tert-OH is 9. The average Bonchev–Trinajstić information content (AvgIpc) is 0.810. The molecule has 4 aliphatic heterocycles. The van der Waals surface area contributed by atoms with Crippen molar-refractivity contribution >= 4 is 35.0 Å². The highest BCUT2D eigenvalue weighted by molar-refractivity contribution is 5.96. The summed E-state index contributed by atoms with van der Waals surface area (Å²) in [4.78, 5) is 73.0. The highest BCUT2D eigenvalue weighted by Gasteiger charge is 2.51. The molecule has 5 rings (SSSR count). The predicted molar refractivity (Wildman–Crippen MR) is 357 cm³/mol. The van der Waals surface area contributed by atoms with Gasteiger partial charge in [0, 0.05) is 102 Å². The Kier molecular flexibility index (Phi) is 34.4. The normalized spacial score (nSPS) is 32.9. The second kappa shape index (κ2) is 40.9. The lowest BCUT2D eigenvalue weighted by atomic mass is 9.82. The monoisotopic (exact) mass is 1340 g/mol. The van der Waals surface area contributed by atoms with Gasteiger partial charge in [-0.05, 0) is 90.4 Å². The maximum atomic E-state index is 14.1. The van der Waals surface area contributed by atoms with Crippen LogP contribution < -0.4 is 16.0 Å². The molecule has 19 unspecified atom stereocenters. The molecule has 0 aromatic heterocycles. The van der Waals surface area contributed by atoms with E-state index in [1.165, 1.54) is 0 Å². The van der Waals surface area contributed by atoms with Crippen molar-refractivity contribution in [2.45, 2.75) is 195 Å². The fourth-order valence-corrected chi connectivity index (χ4v) is 12.2. The molecule has 1 aromatic rings. The largest absolute Gasteiger partial charge is 0.461 e. The average molecular weight is 1340 g/mol. The van der Waals surface area contributed by atoms with Gasteiger partial charge in [0.2, 0.25) is 11.8 Å². The maximum Gasteiger partial charge on any atom is 0.308 e. The van der Waals surface area contributed by atoms with Crippen LogP contribution in [0, 0.1) is 17.8 Å². The van der Waals surface area contributed by atoms with E-state index in [1.54, 1.807) is 117 Å². The van der Waals surface area contributed by atoms with Crippen LogP contribution in [0.4, 0.5) is 5.69 Å². The number of rotatable bonds is 17. The Morgan fingerprint density at radius 1 is 0.726 bits per heavy atom. The van der Waals surface area contributed by atoms with E-state index in [2.05, 4.69) is 20.9 Å². The molecule has 95 heavy (non-hydrogen) atoms. The fraction of sp³-hybridized carbons (Fsp3) is 0.643. The van der Waals surface area contributed by atoms with E-state index in [1.807, 2.05) is 50.9 Å². The smallest absolute Gasteiger partial charge is 0.308 e. The van der Waals surface area contributed by atoms with Crippen molar-refractivity contribution in [3.63, 3.8) is 0 Å². The maximum absolute atomic E-state index is 14.1. The number of ketones is 2. The Bertz CT molecular complexity index is 2740. The molecule has 13 N–H and O–H groups in total. The molecule has 0 spiro atoms. The summed E-state index contributed by atoms with van der Waals surface area (Å²) in [6, 6.07) is 5.69. The molecule has 3 saturated heterocycles. The van der Waals surface area contributed by atoms with Gasteiger partial charge >= 0.3 is 5.97 Å². The molecule has 4 aliphatic rings. The molecule has 3 fully saturated rings. The number of nitrogens with one attached hydrogen (secondary N) is 3. The first-order chi connectivity index (χ1) is 45.1. The Morgan fingerprint density at radius 2 is 1.31 bits per heavy atom.